The van der Waals surface area contributed by atoms with Gasteiger partial charge in [-0.2, -0.15) is 5.10 Å². The summed E-state index contributed by atoms with van der Waals surface area (Å²) in [6, 6.07) is 13.1. The maximum absolute atomic E-state index is 12.9. The molecule has 0 aliphatic carbocycles. The molecule has 7 heteroatoms. The van der Waals surface area contributed by atoms with Crippen LogP contribution in [0, 0.1) is 12.8 Å². The van der Waals surface area contributed by atoms with Gasteiger partial charge in [-0.15, -0.1) is 0 Å². The first-order valence-electron chi connectivity index (χ1n) is 9.73. The highest BCUT2D eigenvalue weighted by molar-refractivity contribution is 5.96. The van der Waals surface area contributed by atoms with Crippen LogP contribution in [0.25, 0.3) is 11.3 Å². The standard InChI is InChI=1S/C22H23N5O2/c1-15-5-2-3-7-18(15)24-21(28)17-6-4-12-27(14-17)22(29)20-13-19(25-26-20)16-8-10-23-11-9-16/h2-3,5,7-11,13,17H,4,6,12,14H2,1H3,(H,24,28)(H,25,26)/t17-/m1/s1. The number of aromatic amines is 1. The van der Waals surface area contributed by atoms with E-state index in [9.17, 15) is 9.59 Å². The number of para-hydroxylation sites is 1. The predicted molar refractivity (Wildman–Crippen MR) is 110 cm³/mol. The molecule has 1 atom stereocenters. The van der Waals surface area contributed by atoms with E-state index in [0.29, 0.717) is 24.5 Å². The molecule has 2 aromatic heterocycles. The molecule has 0 radical (unpaired) electrons. The summed E-state index contributed by atoms with van der Waals surface area (Å²) in [7, 11) is 0. The van der Waals surface area contributed by atoms with Gasteiger partial charge in [-0.1, -0.05) is 18.2 Å². The number of rotatable bonds is 4. The number of aryl methyl sites for hydroxylation is 1. The maximum Gasteiger partial charge on any atom is 0.271 e. The van der Waals surface area contributed by atoms with Crippen LogP contribution < -0.4 is 5.32 Å². The van der Waals surface area contributed by atoms with Gasteiger partial charge >= 0.3 is 0 Å². The average Bonchev–Trinajstić information content (AvgIpc) is 3.26. The van der Waals surface area contributed by atoms with Crippen LogP contribution in [0.15, 0.2) is 54.9 Å². The Hall–Kier alpha value is -3.48. The molecule has 3 heterocycles. The molecule has 0 saturated carbocycles. The molecule has 0 unspecified atom stereocenters. The Kier molecular flexibility index (Phi) is 5.37. The highest BCUT2D eigenvalue weighted by Crippen LogP contribution is 2.23. The molecule has 4 rings (SSSR count). The number of H-pyrrole nitrogens is 1. The molecule has 1 aromatic carbocycles. The van der Waals surface area contributed by atoms with Crippen molar-refractivity contribution in [3.05, 3.63) is 66.1 Å². The smallest absolute Gasteiger partial charge is 0.271 e. The molecule has 0 spiro atoms. The van der Waals surface area contributed by atoms with Crippen LogP contribution in [0.1, 0.15) is 28.9 Å². The molecule has 1 fully saturated rings. The zero-order chi connectivity index (χ0) is 20.2. The molecule has 7 nitrogen and oxygen atoms in total. The number of hydrogen-bond donors (Lipinski definition) is 2. The zero-order valence-electron chi connectivity index (χ0n) is 16.3. The van der Waals surface area contributed by atoms with Crippen molar-refractivity contribution in [3.8, 4) is 11.3 Å². The minimum atomic E-state index is -0.227. The molecule has 1 aliphatic rings. The highest BCUT2D eigenvalue weighted by atomic mass is 16.2. The van der Waals surface area contributed by atoms with Gasteiger partial charge in [0, 0.05) is 36.7 Å². The Balaban J connectivity index is 1.43. The topological polar surface area (TPSA) is 91.0 Å². The summed E-state index contributed by atoms with van der Waals surface area (Å²) in [4.78, 5) is 31.4. The van der Waals surface area contributed by atoms with E-state index in [0.717, 1.165) is 29.7 Å². The van der Waals surface area contributed by atoms with Gasteiger partial charge in [-0.25, -0.2) is 0 Å². The monoisotopic (exact) mass is 389 g/mol. The van der Waals surface area contributed by atoms with Crippen molar-refractivity contribution in [2.75, 3.05) is 18.4 Å². The third-order valence-electron chi connectivity index (χ3n) is 5.27. The minimum Gasteiger partial charge on any atom is -0.337 e. The summed E-state index contributed by atoms with van der Waals surface area (Å²) < 4.78 is 0. The number of benzene rings is 1. The summed E-state index contributed by atoms with van der Waals surface area (Å²) in [6.07, 6.45) is 4.94. The third-order valence-corrected chi connectivity index (χ3v) is 5.27. The van der Waals surface area contributed by atoms with Crippen molar-refractivity contribution in [1.82, 2.24) is 20.1 Å². The van der Waals surface area contributed by atoms with Gasteiger partial charge < -0.3 is 10.2 Å². The second-order valence-corrected chi connectivity index (χ2v) is 7.30. The highest BCUT2D eigenvalue weighted by Gasteiger charge is 2.30. The number of piperidine rings is 1. The zero-order valence-corrected chi connectivity index (χ0v) is 16.3. The number of nitrogens with one attached hydrogen (secondary N) is 2. The lowest BCUT2D eigenvalue weighted by Gasteiger charge is -2.31. The van der Waals surface area contributed by atoms with E-state index in [4.69, 9.17) is 0 Å². The van der Waals surface area contributed by atoms with Crippen molar-refractivity contribution in [2.45, 2.75) is 19.8 Å². The van der Waals surface area contributed by atoms with Crippen LogP contribution in [-0.4, -0.2) is 45.0 Å². The number of anilines is 1. The lowest BCUT2D eigenvalue weighted by atomic mass is 9.96. The fourth-order valence-corrected chi connectivity index (χ4v) is 3.60. The number of carbonyl (C=O) groups is 2. The molecule has 2 amide bonds. The number of aromatic nitrogens is 3. The summed E-state index contributed by atoms with van der Waals surface area (Å²) in [5, 5.41) is 10.1. The van der Waals surface area contributed by atoms with Crippen molar-refractivity contribution in [1.29, 1.82) is 0 Å². The second-order valence-electron chi connectivity index (χ2n) is 7.30. The Bertz CT molecular complexity index is 1010. The van der Waals surface area contributed by atoms with E-state index < -0.39 is 0 Å². The Morgan fingerprint density at radius 1 is 1.17 bits per heavy atom. The van der Waals surface area contributed by atoms with Gasteiger partial charge in [0.1, 0.15) is 5.69 Å². The number of amides is 2. The van der Waals surface area contributed by atoms with Crippen LogP contribution in [0.4, 0.5) is 5.69 Å². The molecule has 2 N–H and O–H groups in total. The van der Waals surface area contributed by atoms with Gasteiger partial charge in [0.25, 0.3) is 5.91 Å². The van der Waals surface area contributed by atoms with E-state index in [2.05, 4.69) is 20.5 Å². The minimum absolute atomic E-state index is 0.0427. The Morgan fingerprint density at radius 2 is 1.97 bits per heavy atom. The fraction of sp³-hybridized carbons (Fsp3) is 0.273. The van der Waals surface area contributed by atoms with E-state index in [-0.39, 0.29) is 17.7 Å². The molecular weight excluding hydrogens is 366 g/mol. The molecule has 0 bridgehead atoms. The molecule has 1 aliphatic heterocycles. The lowest BCUT2D eigenvalue weighted by Crippen LogP contribution is -2.44. The number of hydrogen-bond acceptors (Lipinski definition) is 4. The van der Waals surface area contributed by atoms with Gasteiger partial charge in [-0.05, 0) is 49.6 Å². The third kappa shape index (κ3) is 4.18. The van der Waals surface area contributed by atoms with Crippen LogP contribution in [0.2, 0.25) is 0 Å². The quantitative estimate of drug-likeness (QED) is 0.716. The number of carbonyl (C=O) groups excluding carboxylic acids is 2. The number of nitrogens with zero attached hydrogens (tertiary/aromatic N) is 3. The second kappa shape index (κ2) is 8.26. The predicted octanol–water partition coefficient (Wildman–Crippen LogP) is 3.27. The number of likely N-dealkylation sites (tertiary alicyclic amines) is 1. The van der Waals surface area contributed by atoms with E-state index in [1.807, 2.05) is 43.3 Å². The maximum atomic E-state index is 12.9. The summed E-state index contributed by atoms with van der Waals surface area (Å²) in [6.45, 7) is 3.00. The van der Waals surface area contributed by atoms with Crippen molar-refractivity contribution < 1.29 is 9.59 Å². The first kappa shape index (κ1) is 18.9. The van der Waals surface area contributed by atoms with E-state index in [1.54, 1.807) is 23.4 Å². The van der Waals surface area contributed by atoms with Crippen molar-refractivity contribution >= 4 is 17.5 Å². The van der Waals surface area contributed by atoms with Crippen LogP contribution in [-0.2, 0) is 4.79 Å². The van der Waals surface area contributed by atoms with Crippen molar-refractivity contribution in [3.63, 3.8) is 0 Å². The molecule has 148 valence electrons. The normalized spacial score (nSPS) is 16.4. The Labute approximate surface area is 169 Å². The molecule has 29 heavy (non-hydrogen) atoms. The average molecular weight is 389 g/mol. The van der Waals surface area contributed by atoms with Crippen molar-refractivity contribution in [2.24, 2.45) is 5.92 Å². The van der Waals surface area contributed by atoms with Gasteiger partial charge in [0.15, 0.2) is 0 Å². The van der Waals surface area contributed by atoms with Crippen LogP contribution in [0.5, 0.6) is 0 Å². The van der Waals surface area contributed by atoms with Gasteiger partial charge in [0.2, 0.25) is 5.91 Å². The number of pyridine rings is 1. The first-order chi connectivity index (χ1) is 14.1. The SMILES string of the molecule is Cc1ccccc1NC(=O)[C@@H]1CCCN(C(=O)c2cc(-c3ccncc3)n[nH]2)C1. The van der Waals surface area contributed by atoms with Gasteiger partial charge in [0.05, 0.1) is 11.6 Å². The summed E-state index contributed by atoms with van der Waals surface area (Å²) in [5.74, 6) is -0.403. The van der Waals surface area contributed by atoms with E-state index in [1.165, 1.54) is 0 Å². The van der Waals surface area contributed by atoms with E-state index >= 15 is 0 Å². The molecule has 1 saturated heterocycles. The summed E-state index contributed by atoms with van der Waals surface area (Å²) in [5.41, 5.74) is 3.85. The summed E-state index contributed by atoms with van der Waals surface area (Å²) >= 11 is 0. The first-order valence-corrected chi connectivity index (χ1v) is 9.73. The van der Waals surface area contributed by atoms with Gasteiger partial charge in [-0.3, -0.25) is 19.7 Å². The largest absolute Gasteiger partial charge is 0.337 e. The molecular formula is C22H23N5O2. The fourth-order valence-electron chi connectivity index (χ4n) is 3.60. The Morgan fingerprint density at radius 3 is 2.76 bits per heavy atom. The lowest BCUT2D eigenvalue weighted by molar-refractivity contribution is -0.121. The van der Waals surface area contributed by atoms with Crippen LogP contribution in [0.3, 0.4) is 0 Å². The van der Waals surface area contributed by atoms with Crippen LogP contribution >= 0.6 is 0 Å². The molecule has 3 aromatic rings.